The predicted octanol–water partition coefficient (Wildman–Crippen LogP) is 1.72. The summed E-state index contributed by atoms with van der Waals surface area (Å²) in [5, 5.41) is 3.30. The third-order valence-electron chi connectivity index (χ3n) is 3.26. The van der Waals surface area contributed by atoms with E-state index in [-0.39, 0.29) is 6.04 Å². The quantitative estimate of drug-likeness (QED) is 0.888. The Morgan fingerprint density at radius 1 is 1.28 bits per heavy atom. The fourth-order valence-corrected chi connectivity index (χ4v) is 2.43. The van der Waals surface area contributed by atoms with Crippen molar-refractivity contribution in [2.45, 2.75) is 12.5 Å². The topological polar surface area (TPSA) is 47.0 Å². The average molecular weight is 241 g/mol. The third kappa shape index (κ3) is 1.84. The van der Waals surface area contributed by atoms with Crippen molar-refractivity contribution in [3.8, 4) is 5.75 Å². The highest BCUT2D eigenvalue weighted by Gasteiger charge is 2.22. The molecule has 2 aromatic rings. The molecule has 0 spiro atoms. The summed E-state index contributed by atoms with van der Waals surface area (Å²) in [6.45, 7) is 0.772. The van der Waals surface area contributed by atoms with Crippen molar-refractivity contribution in [3.63, 3.8) is 0 Å². The molecule has 0 bridgehead atoms. The van der Waals surface area contributed by atoms with Gasteiger partial charge in [-0.1, -0.05) is 18.2 Å². The second-order valence-electron chi connectivity index (χ2n) is 4.33. The van der Waals surface area contributed by atoms with E-state index in [1.54, 1.807) is 6.33 Å². The molecule has 0 fully saturated rings. The summed E-state index contributed by atoms with van der Waals surface area (Å²) >= 11 is 0. The highest BCUT2D eigenvalue weighted by Crippen LogP contribution is 2.35. The van der Waals surface area contributed by atoms with Crippen LogP contribution in [0.15, 0.2) is 36.9 Å². The average Bonchev–Trinajstić information content (AvgIpc) is 2.90. The Bertz CT molecular complexity index is 542. The summed E-state index contributed by atoms with van der Waals surface area (Å²) in [5.74, 6) is 1.01. The van der Waals surface area contributed by atoms with E-state index in [9.17, 15) is 0 Å². The molecule has 4 nitrogen and oxygen atoms in total. The number of benzene rings is 1. The summed E-state index contributed by atoms with van der Waals surface area (Å²) in [6, 6.07) is 6.37. The number of hydrogen-bond donors (Lipinski definition) is 1. The summed E-state index contributed by atoms with van der Waals surface area (Å²) in [7, 11) is 1.94. The number of ether oxygens (including phenoxy) is 1. The minimum absolute atomic E-state index is 0.0688. The Kier molecular flexibility index (Phi) is 2.94. The first-order chi connectivity index (χ1) is 8.90. The number of rotatable bonds is 3. The zero-order chi connectivity index (χ0) is 12.4. The fraction of sp³-hybridized carbons (Fsp3) is 0.286. The second kappa shape index (κ2) is 4.74. The number of aromatic nitrogens is 2. The van der Waals surface area contributed by atoms with Gasteiger partial charge in [-0.3, -0.25) is 0 Å². The van der Waals surface area contributed by atoms with E-state index in [1.165, 1.54) is 5.56 Å². The molecule has 1 aromatic carbocycles. The van der Waals surface area contributed by atoms with E-state index in [2.05, 4.69) is 33.5 Å². The number of nitrogens with zero attached hydrogens (tertiary/aromatic N) is 2. The smallest absolute Gasteiger partial charge is 0.127 e. The van der Waals surface area contributed by atoms with Crippen molar-refractivity contribution >= 4 is 0 Å². The standard InChI is InChI=1S/C14H15N3O/c1-15-13(11-7-16-9-17-8-11)12-4-2-3-10-5-6-18-14(10)12/h2-4,7-9,13,15H,5-6H2,1H3. The minimum Gasteiger partial charge on any atom is -0.493 e. The number of hydrogen-bond acceptors (Lipinski definition) is 4. The number of fused-ring (bicyclic) bond motifs is 1. The van der Waals surface area contributed by atoms with E-state index in [0.29, 0.717) is 0 Å². The molecule has 1 N–H and O–H groups in total. The largest absolute Gasteiger partial charge is 0.493 e. The van der Waals surface area contributed by atoms with Crippen molar-refractivity contribution in [1.29, 1.82) is 0 Å². The second-order valence-corrected chi connectivity index (χ2v) is 4.33. The molecule has 1 aromatic heterocycles. The van der Waals surface area contributed by atoms with Crippen molar-refractivity contribution in [2.75, 3.05) is 13.7 Å². The van der Waals surface area contributed by atoms with Crippen molar-refractivity contribution < 1.29 is 4.74 Å². The van der Waals surface area contributed by atoms with E-state index in [0.717, 1.165) is 29.9 Å². The van der Waals surface area contributed by atoms with Crippen LogP contribution in [0, 0.1) is 0 Å². The van der Waals surface area contributed by atoms with Crippen molar-refractivity contribution in [3.05, 3.63) is 53.6 Å². The van der Waals surface area contributed by atoms with E-state index < -0.39 is 0 Å². The summed E-state index contributed by atoms with van der Waals surface area (Å²) in [4.78, 5) is 8.16. The number of nitrogens with one attached hydrogen (secondary N) is 1. The predicted molar refractivity (Wildman–Crippen MR) is 68.6 cm³/mol. The summed E-state index contributed by atoms with van der Waals surface area (Å²) < 4.78 is 5.75. The molecule has 4 heteroatoms. The first-order valence-corrected chi connectivity index (χ1v) is 6.07. The molecule has 92 valence electrons. The lowest BCUT2D eigenvalue weighted by Gasteiger charge is -2.18. The minimum atomic E-state index is 0.0688. The summed E-state index contributed by atoms with van der Waals surface area (Å²) in [5.41, 5.74) is 3.48. The molecule has 0 saturated heterocycles. The van der Waals surface area contributed by atoms with Crippen LogP contribution >= 0.6 is 0 Å². The maximum Gasteiger partial charge on any atom is 0.127 e. The molecule has 1 unspecified atom stereocenters. The van der Waals surface area contributed by atoms with E-state index in [1.807, 2.05) is 19.4 Å². The van der Waals surface area contributed by atoms with Gasteiger partial charge in [0.25, 0.3) is 0 Å². The van der Waals surface area contributed by atoms with Gasteiger partial charge in [0.1, 0.15) is 12.1 Å². The summed E-state index contributed by atoms with van der Waals surface area (Å²) in [6.07, 6.45) is 6.21. The molecule has 1 aliphatic heterocycles. The fourth-order valence-electron chi connectivity index (χ4n) is 2.43. The van der Waals surface area contributed by atoms with Crippen LogP contribution in [-0.2, 0) is 6.42 Å². The molecule has 3 rings (SSSR count). The van der Waals surface area contributed by atoms with Crippen LogP contribution in [0.3, 0.4) is 0 Å². The molecule has 2 heterocycles. The maximum atomic E-state index is 5.75. The first kappa shape index (κ1) is 11.2. The Balaban J connectivity index is 2.05. The van der Waals surface area contributed by atoms with Gasteiger partial charge in [-0.25, -0.2) is 9.97 Å². The van der Waals surface area contributed by atoms with Crippen molar-refractivity contribution in [1.82, 2.24) is 15.3 Å². The molecule has 0 amide bonds. The van der Waals surface area contributed by atoms with Gasteiger partial charge in [-0.05, 0) is 12.6 Å². The Labute approximate surface area is 106 Å². The molecule has 18 heavy (non-hydrogen) atoms. The Morgan fingerprint density at radius 3 is 2.89 bits per heavy atom. The maximum absolute atomic E-state index is 5.75. The van der Waals surface area contributed by atoms with Crippen LogP contribution in [0.2, 0.25) is 0 Å². The molecule has 1 aliphatic rings. The van der Waals surface area contributed by atoms with Gasteiger partial charge in [-0.2, -0.15) is 0 Å². The van der Waals surface area contributed by atoms with Crippen LogP contribution in [0.25, 0.3) is 0 Å². The molecule has 0 radical (unpaired) electrons. The van der Waals surface area contributed by atoms with Gasteiger partial charge in [0.15, 0.2) is 0 Å². The van der Waals surface area contributed by atoms with Crippen LogP contribution < -0.4 is 10.1 Å². The molecular weight excluding hydrogens is 226 g/mol. The monoisotopic (exact) mass is 241 g/mol. The molecule has 1 atom stereocenters. The lowest BCUT2D eigenvalue weighted by Crippen LogP contribution is -2.18. The van der Waals surface area contributed by atoms with E-state index >= 15 is 0 Å². The lowest BCUT2D eigenvalue weighted by molar-refractivity contribution is 0.351. The first-order valence-electron chi connectivity index (χ1n) is 6.07. The van der Waals surface area contributed by atoms with Gasteiger partial charge < -0.3 is 10.1 Å². The SMILES string of the molecule is CNC(c1cncnc1)c1cccc2c1OCC2. The van der Waals surface area contributed by atoms with Gasteiger partial charge in [0.05, 0.1) is 12.6 Å². The normalized spacial score (nSPS) is 14.9. The molecule has 0 aliphatic carbocycles. The zero-order valence-corrected chi connectivity index (χ0v) is 10.3. The molecule has 0 saturated carbocycles. The van der Waals surface area contributed by atoms with Gasteiger partial charge in [0, 0.05) is 29.9 Å². The van der Waals surface area contributed by atoms with Gasteiger partial charge >= 0.3 is 0 Å². The Morgan fingerprint density at radius 2 is 2.11 bits per heavy atom. The third-order valence-corrected chi connectivity index (χ3v) is 3.26. The lowest BCUT2D eigenvalue weighted by atomic mass is 9.98. The van der Waals surface area contributed by atoms with E-state index in [4.69, 9.17) is 4.74 Å². The van der Waals surface area contributed by atoms with Gasteiger partial charge in [-0.15, -0.1) is 0 Å². The highest BCUT2D eigenvalue weighted by atomic mass is 16.5. The van der Waals surface area contributed by atoms with Crippen LogP contribution in [0.1, 0.15) is 22.7 Å². The van der Waals surface area contributed by atoms with Crippen molar-refractivity contribution in [2.24, 2.45) is 0 Å². The zero-order valence-electron chi connectivity index (χ0n) is 10.3. The Hall–Kier alpha value is -1.94. The number of para-hydroxylation sites is 1. The van der Waals surface area contributed by atoms with Crippen LogP contribution in [-0.4, -0.2) is 23.6 Å². The highest BCUT2D eigenvalue weighted by molar-refractivity contribution is 5.48. The molecular formula is C14H15N3O. The van der Waals surface area contributed by atoms with Crippen LogP contribution in [0.4, 0.5) is 0 Å². The van der Waals surface area contributed by atoms with Gasteiger partial charge in [0.2, 0.25) is 0 Å². The van der Waals surface area contributed by atoms with Crippen LogP contribution in [0.5, 0.6) is 5.75 Å².